The molecule has 1 aromatic carbocycles. The smallest absolute Gasteiger partial charge is 0.199 e. The minimum absolute atomic E-state index is 0.0427. The van der Waals surface area contributed by atoms with Gasteiger partial charge in [-0.15, -0.1) is 0 Å². The zero-order valence-electron chi connectivity index (χ0n) is 13.8. The number of thiocarbonyl (C=S) groups is 1. The normalized spacial score (nSPS) is 15.5. The number of aromatic nitrogens is 1. The van der Waals surface area contributed by atoms with E-state index in [-0.39, 0.29) is 21.8 Å². The average Bonchev–Trinajstić information content (AvgIpc) is 2.84. The largest absolute Gasteiger partial charge is 0.389 e. The number of halogens is 1. The van der Waals surface area contributed by atoms with Crippen molar-refractivity contribution in [3.05, 3.63) is 39.9 Å². The molecule has 1 aliphatic heterocycles. The van der Waals surface area contributed by atoms with Crippen molar-refractivity contribution in [1.29, 1.82) is 0 Å². The van der Waals surface area contributed by atoms with Crippen LogP contribution in [-0.2, 0) is 6.54 Å². The van der Waals surface area contributed by atoms with Crippen molar-refractivity contribution in [3.8, 4) is 0 Å². The molecule has 1 aliphatic rings. The van der Waals surface area contributed by atoms with Gasteiger partial charge in [0, 0.05) is 31.2 Å². The molecule has 1 saturated heterocycles. The molecule has 0 aliphatic carbocycles. The van der Waals surface area contributed by atoms with Crippen LogP contribution >= 0.6 is 12.2 Å². The highest BCUT2D eigenvalue weighted by Gasteiger charge is 2.18. The minimum atomic E-state index is -0.357. The fourth-order valence-corrected chi connectivity index (χ4v) is 3.54. The van der Waals surface area contributed by atoms with Crippen molar-refractivity contribution in [2.24, 2.45) is 5.73 Å². The molecule has 2 N–H and O–H groups in total. The van der Waals surface area contributed by atoms with Crippen LogP contribution < -0.4 is 16.1 Å². The van der Waals surface area contributed by atoms with Gasteiger partial charge in [-0.3, -0.25) is 4.79 Å². The number of aryl methyl sites for hydroxylation is 1. The summed E-state index contributed by atoms with van der Waals surface area (Å²) in [7, 11) is 0. The molecule has 0 atom stereocenters. The van der Waals surface area contributed by atoms with Crippen LogP contribution in [0, 0.1) is 5.82 Å². The van der Waals surface area contributed by atoms with E-state index in [4.69, 9.17) is 18.0 Å². The molecule has 4 nitrogen and oxygen atoms in total. The van der Waals surface area contributed by atoms with Crippen LogP contribution in [0.25, 0.3) is 10.9 Å². The van der Waals surface area contributed by atoms with E-state index in [0.29, 0.717) is 17.6 Å². The topological polar surface area (TPSA) is 51.3 Å². The summed E-state index contributed by atoms with van der Waals surface area (Å²) >= 11 is 4.96. The summed E-state index contributed by atoms with van der Waals surface area (Å²) < 4.78 is 16.6. The third-order valence-corrected chi connectivity index (χ3v) is 4.92. The van der Waals surface area contributed by atoms with E-state index in [9.17, 15) is 9.18 Å². The van der Waals surface area contributed by atoms with Crippen molar-refractivity contribution >= 4 is 33.8 Å². The first-order chi connectivity index (χ1) is 11.5. The standard InChI is InChI=1S/C18H22FN3OS/c1-2-21-11-13(18(20)24)17(23)12-9-14(19)16(10-15(12)21)22-7-5-3-4-6-8-22/h9-11H,2-8H2,1H3,(H2,20,24). The lowest BCUT2D eigenvalue weighted by Gasteiger charge is -2.24. The Hall–Kier alpha value is -1.95. The Balaban J connectivity index is 2.21. The maximum atomic E-state index is 14.7. The fraction of sp³-hybridized carbons (Fsp3) is 0.444. The molecule has 2 heterocycles. The van der Waals surface area contributed by atoms with Gasteiger partial charge in [0.1, 0.15) is 10.8 Å². The molecule has 0 amide bonds. The number of rotatable bonds is 3. The molecule has 0 spiro atoms. The van der Waals surface area contributed by atoms with Gasteiger partial charge in [-0.1, -0.05) is 25.1 Å². The van der Waals surface area contributed by atoms with Crippen LogP contribution in [0.3, 0.4) is 0 Å². The monoisotopic (exact) mass is 347 g/mol. The highest BCUT2D eigenvalue weighted by molar-refractivity contribution is 7.80. The number of fused-ring (bicyclic) bond motifs is 1. The molecular formula is C18H22FN3OS. The first-order valence-electron chi connectivity index (χ1n) is 8.44. The van der Waals surface area contributed by atoms with E-state index in [1.807, 2.05) is 11.5 Å². The van der Waals surface area contributed by atoms with E-state index in [1.165, 1.54) is 18.9 Å². The van der Waals surface area contributed by atoms with Crippen LogP contribution in [0.15, 0.2) is 23.1 Å². The van der Waals surface area contributed by atoms with E-state index in [1.54, 1.807) is 12.3 Å². The summed E-state index contributed by atoms with van der Waals surface area (Å²) in [6.07, 6.45) is 6.18. The predicted octanol–water partition coefficient (Wildman–Crippen LogP) is 3.18. The fourth-order valence-electron chi connectivity index (χ4n) is 3.39. The van der Waals surface area contributed by atoms with Gasteiger partial charge in [-0.2, -0.15) is 0 Å². The Morgan fingerprint density at radius 3 is 2.50 bits per heavy atom. The van der Waals surface area contributed by atoms with Crippen molar-refractivity contribution in [1.82, 2.24) is 4.57 Å². The summed E-state index contributed by atoms with van der Waals surface area (Å²) in [5.74, 6) is -0.357. The average molecular weight is 347 g/mol. The second-order valence-corrected chi connectivity index (χ2v) is 6.68. The van der Waals surface area contributed by atoms with Gasteiger partial charge < -0.3 is 15.2 Å². The molecular weight excluding hydrogens is 325 g/mol. The molecule has 1 fully saturated rings. The number of hydrogen-bond donors (Lipinski definition) is 1. The molecule has 1 aromatic heterocycles. The van der Waals surface area contributed by atoms with E-state index in [2.05, 4.69) is 4.90 Å². The number of nitrogens with zero attached hydrogens (tertiary/aromatic N) is 2. The zero-order valence-corrected chi connectivity index (χ0v) is 14.7. The molecule has 0 radical (unpaired) electrons. The molecule has 3 rings (SSSR count). The van der Waals surface area contributed by atoms with Crippen LogP contribution in [0.4, 0.5) is 10.1 Å². The lowest BCUT2D eigenvalue weighted by molar-refractivity contribution is 0.618. The van der Waals surface area contributed by atoms with Crippen LogP contribution in [0.1, 0.15) is 38.2 Å². The summed E-state index contributed by atoms with van der Waals surface area (Å²) in [4.78, 5) is 14.7. The SMILES string of the molecule is CCn1cc(C(N)=S)c(=O)c2cc(F)c(N3CCCCCC3)cc21. The zero-order chi connectivity index (χ0) is 17.3. The molecule has 2 aromatic rings. The number of pyridine rings is 1. The van der Waals surface area contributed by atoms with Crippen LogP contribution in [0.5, 0.6) is 0 Å². The maximum absolute atomic E-state index is 14.7. The Bertz CT molecular complexity index is 838. The molecule has 0 bridgehead atoms. The van der Waals surface area contributed by atoms with Crippen molar-refractivity contribution in [2.75, 3.05) is 18.0 Å². The first kappa shape index (κ1) is 16.9. The molecule has 24 heavy (non-hydrogen) atoms. The summed E-state index contributed by atoms with van der Waals surface area (Å²) in [5.41, 5.74) is 6.91. The summed E-state index contributed by atoms with van der Waals surface area (Å²) in [6.45, 7) is 4.33. The number of benzene rings is 1. The summed E-state index contributed by atoms with van der Waals surface area (Å²) in [6, 6.07) is 3.13. The third kappa shape index (κ3) is 3.02. The molecule has 0 saturated carbocycles. The Morgan fingerprint density at radius 2 is 1.92 bits per heavy atom. The third-order valence-electron chi connectivity index (χ3n) is 4.70. The highest BCUT2D eigenvalue weighted by atomic mass is 32.1. The Morgan fingerprint density at radius 1 is 1.25 bits per heavy atom. The molecule has 0 unspecified atom stereocenters. The number of anilines is 1. The second-order valence-electron chi connectivity index (χ2n) is 6.24. The van der Waals surface area contributed by atoms with Gasteiger partial charge in [-0.25, -0.2) is 4.39 Å². The van der Waals surface area contributed by atoms with Gasteiger partial charge in [0.2, 0.25) is 0 Å². The van der Waals surface area contributed by atoms with Gasteiger partial charge in [0.15, 0.2) is 5.43 Å². The Kier molecular flexibility index (Phi) is 4.85. The lowest BCUT2D eigenvalue weighted by Crippen LogP contribution is -2.26. The van der Waals surface area contributed by atoms with E-state index in [0.717, 1.165) is 31.4 Å². The number of hydrogen-bond acceptors (Lipinski definition) is 3. The maximum Gasteiger partial charge on any atom is 0.199 e. The van der Waals surface area contributed by atoms with Crippen LogP contribution in [-0.4, -0.2) is 22.6 Å². The van der Waals surface area contributed by atoms with Crippen molar-refractivity contribution in [3.63, 3.8) is 0 Å². The highest BCUT2D eigenvalue weighted by Crippen LogP contribution is 2.27. The minimum Gasteiger partial charge on any atom is -0.389 e. The predicted molar refractivity (Wildman–Crippen MR) is 100 cm³/mol. The van der Waals surface area contributed by atoms with E-state index >= 15 is 0 Å². The molecule has 128 valence electrons. The Labute approximate surface area is 146 Å². The van der Waals surface area contributed by atoms with Crippen molar-refractivity contribution < 1.29 is 4.39 Å². The number of nitrogens with two attached hydrogens (primary N) is 1. The summed E-state index contributed by atoms with van der Waals surface area (Å²) in [5, 5.41) is 0.332. The van der Waals surface area contributed by atoms with Crippen molar-refractivity contribution in [2.45, 2.75) is 39.2 Å². The quantitative estimate of drug-likeness (QED) is 0.867. The van der Waals surface area contributed by atoms with Gasteiger partial charge in [0.25, 0.3) is 0 Å². The van der Waals surface area contributed by atoms with Gasteiger partial charge >= 0.3 is 0 Å². The molecule has 6 heteroatoms. The van der Waals surface area contributed by atoms with Crippen LogP contribution in [0.2, 0.25) is 0 Å². The van der Waals surface area contributed by atoms with Gasteiger partial charge in [-0.05, 0) is 31.9 Å². The lowest BCUT2D eigenvalue weighted by atomic mass is 10.1. The van der Waals surface area contributed by atoms with E-state index < -0.39 is 0 Å². The second kappa shape index (κ2) is 6.89. The van der Waals surface area contributed by atoms with Gasteiger partial charge in [0.05, 0.1) is 16.8 Å². The first-order valence-corrected chi connectivity index (χ1v) is 8.85.